The Labute approximate surface area is 117 Å². The topological polar surface area (TPSA) is 66.8 Å². The van der Waals surface area contributed by atoms with Crippen LogP contribution in [-0.4, -0.2) is 44.1 Å². The minimum Gasteiger partial charge on any atom is -0.495 e. The second-order valence-corrected chi connectivity index (χ2v) is 6.69. The highest BCUT2D eigenvalue weighted by Crippen LogP contribution is 2.31. The summed E-state index contributed by atoms with van der Waals surface area (Å²) < 4.78 is 31.3. The summed E-state index contributed by atoms with van der Waals surface area (Å²) in [5, 5.41) is 9.48. The molecule has 5 nitrogen and oxygen atoms in total. The molecule has 1 aliphatic rings. The lowest BCUT2D eigenvalue weighted by Crippen LogP contribution is -2.37. The zero-order valence-corrected chi connectivity index (χ0v) is 12.1. The van der Waals surface area contributed by atoms with E-state index in [1.54, 1.807) is 0 Å². The van der Waals surface area contributed by atoms with Crippen LogP contribution in [-0.2, 0) is 10.0 Å². The molecule has 1 atom stereocenters. The standard InChI is InChI=1S/C12H16ClNO4S/c1-18-12-5-4-10(7-11(12)13)19(16,17)14-6-2-3-9(14)8-15/h4-5,7,9,15H,2-3,6,8H2,1H3/t9-/m1/s1. The smallest absolute Gasteiger partial charge is 0.243 e. The molecule has 1 fully saturated rings. The fraction of sp³-hybridized carbons (Fsp3) is 0.500. The van der Waals surface area contributed by atoms with Crippen LogP contribution in [0.4, 0.5) is 0 Å². The fourth-order valence-corrected chi connectivity index (χ4v) is 4.29. The van der Waals surface area contributed by atoms with Gasteiger partial charge in [-0.2, -0.15) is 4.31 Å². The SMILES string of the molecule is COc1ccc(S(=O)(=O)N2CCC[C@@H]2CO)cc1Cl. The highest BCUT2D eigenvalue weighted by molar-refractivity contribution is 7.89. The number of benzene rings is 1. The molecule has 1 saturated heterocycles. The molecule has 0 amide bonds. The van der Waals surface area contributed by atoms with Crippen molar-refractivity contribution in [3.8, 4) is 5.75 Å². The van der Waals surface area contributed by atoms with Gasteiger partial charge in [0.15, 0.2) is 0 Å². The quantitative estimate of drug-likeness (QED) is 0.915. The highest BCUT2D eigenvalue weighted by atomic mass is 35.5. The van der Waals surface area contributed by atoms with Crippen molar-refractivity contribution in [2.75, 3.05) is 20.3 Å². The molecule has 1 aliphatic heterocycles. The van der Waals surface area contributed by atoms with Crippen molar-refractivity contribution in [2.24, 2.45) is 0 Å². The Hall–Kier alpha value is -0.820. The van der Waals surface area contributed by atoms with Gasteiger partial charge in [0.1, 0.15) is 5.75 Å². The normalized spacial score (nSPS) is 20.7. The minimum atomic E-state index is -3.61. The third-order valence-corrected chi connectivity index (χ3v) is 5.51. The lowest BCUT2D eigenvalue weighted by molar-refractivity contribution is 0.213. The van der Waals surface area contributed by atoms with Crippen molar-refractivity contribution in [3.05, 3.63) is 23.2 Å². The Morgan fingerprint density at radius 1 is 1.53 bits per heavy atom. The molecule has 19 heavy (non-hydrogen) atoms. The van der Waals surface area contributed by atoms with Crippen molar-refractivity contribution in [1.29, 1.82) is 0 Å². The van der Waals surface area contributed by atoms with Gasteiger partial charge in [-0.1, -0.05) is 11.6 Å². The van der Waals surface area contributed by atoms with Gasteiger partial charge in [0.2, 0.25) is 10.0 Å². The van der Waals surface area contributed by atoms with Gasteiger partial charge >= 0.3 is 0 Å². The van der Waals surface area contributed by atoms with Crippen LogP contribution in [0.5, 0.6) is 5.75 Å². The zero-order valence-electron chi connectivity index (χ0n) is 10.5. The van der Waals surface area contributed by atoms with Crippen LogP contribution in [0.3, 0.4) is 0 Å². The number of rotatable bonds is 4. The molecule has 2 rings (SSSR count). The van der Waals surface area contributed by atoms with E-state index in [0.717, 1.165) is 6.42 Å². The van der Waals surface area contributed by atoms with Crippen molar-refractivity contribution >= 4 is 21.6 Å². The molecule has 0 bridgehead atoms. The summed E-state index contributed by atoms with van der Waals surface area (Å²) in [6.45, 7) is 0.264. The summed E-state index contributed by atoms with van der Waals surface area (Å²) in [5.74, 6) is 0.431. The van der Waals surface area contributed by atoms with E-state index in [1.165, 1.54) is 29.6 Å². The Kier molecular flexibility index (Phi) is 4.35. The van der Waals surface area contributed by atoms with E-state index in [9.17, 15) is 13.5 Å². The maximum absolute atomic E-state index is 12.5. The maximum atomic E-state index is 12.5. The first-order valence-electron chi connectivity index (χ1n) is 5.97. The molecular formula is C12H16ClNO4S. The highest BCUT2D eigenvalue weighted by Gasteiger charge is 2.35. The largest absolute Gasteiger partial charge is 0.495 e. The first kappa shape index (κ1) is 14.6. The lowest BCUT2D eigenvalue weighted by Gasteiger charge is -2.22. The predicted octanol–water partition coefficient (Wildman–Crippen LogP) is 1.49. The van der Waals surface area contributed by atoms with Crippen molar-refractivity contribution in [1.82, 2.24) is 4.31 Å². The molecule has 0 spiro atoms. The van der Waals surface area contributed by atoms with Crippen LogP contribution in [0.1, 0.15) is 12.8 Å². The maximum Gasteiger partial charge on any atom is 0.243 e. The van der Waals surface area contributed by atoms with Gasteiger partial charge in [-0.3, -0.25) is 0 Å². The van der Waals surface area contributed by atoms with Crippen LogP contribution in [0.25, 0.3) is 0 Å². The second-order valence-electron chi connectivity index (χ2n) is 4.39. The van der Waals surface area contributed by atoms with Gasteiger partial charge in [0, 0.05) is 12.6 Å². The average molecular weight is 306 g/mol. The third kappa shape index (κ3) is 2.72. The molecule has 1 N–H and O–H groups in total. The summed E-state index contributed by atoms with van der Waals surface area (Å²) in [6, 6.07) is 4.03. The molecule has 1 aromatic carbocycles. The van der Waals surface area contributed by atoms with E-state index >= 15 is 0 Å². The summed E-state index contributed by atoms with van der Waals surface area (Å²) in [4.78, 5) is 0.124. The average Bonchev–Trinajstić information content (AvgIpc) is 2.87. The first-order valence-corrected chi connectivity index (χ1v) is 7.78. The third-order valence-electron chi connectivity index (χ3n) is 3.26. The molecule has 0 aromatic heterocycles. The number of nitrogens with zero attached hydrogens (tertiary/aromatic N) is 1. The van der Waals surface area contributed by atoms with Crippen molar-refractivity contribution in [3.63, 3.8) is 0 Å². The zero-order chi connectivity index (χ0) is 14.0. The van der Waals surface area contributed by atoms with Gasteiger partial charge in [0.25, 0.3) is 0 Å². The van der Waals surface area contributed by atoms with Crippen molar-refractivity contribution in [2.45, 2.75) is 23.8 Å². The molecule has 1 heterocycles. The van der Waals surface area contributed by atoms with Crippen molar-refractivity contribution < 1.29 is 18.3 Å². The van der Waals surface area contributed by atoms with Crippen LogP contribution in [0.15, 0.2) is 23.1 Å². The molecule has 0 unspecified atom stereocenters. The fourth-order valence-electron chi connectivity index (χ4n) is 2.25. The van der Waals surface area contributed by atoms with Gasteiger partial charge in [-0.25, -0.2) is 8.42 Å². The summed E-state index contributed by atoms with van der Waals surface area (Å²) in [6.07, 6.45) is 1.44. The molecule has 1 aromatic rings. The lowest BCUT2D eigenvalue weighted by atomic mass is 10.2. The molecular weight excluding hydrogens is 290 g/mol. The molecule has 0 radical (unpaired) electrons. The van der Waals surface area contributed by atoms with E-state index in [2.05, 4.69) is 0 Å². The van der Waals surface area contributed by atoms with Gasteiger partial charge in [-0.15, -0.1) is 0 Å². The summed E-state index contributed by atoms with van der Waals surface area (Å²) in [5.41, 5.74) is 0. The van der Waals surface area contributed by atoms with Crippen LogP contribution in [0.2, 0.25) is 5.02 Å². The Morgan fingerprint density at radius 3 is 2.84 bits per heavy atom. The number of sulfonamides is 1. The van der Waals surface area contributed by atoms with Gasteiger partial charge in [0.05, 0.1) is 23.6 Å². The predicted molar refractivity (Wildman–Crippen MR) is 72.0 cm³/mol. The Morgan fingerprint density at radius 2 is 2.26 bits per heavy atom. The first-order chi connectivity index (χ1) is 9.00. The monoisotopic (exact) mass is 305 g/mol. The number of halogens is 1. The molecule has 7 heteroatoms. The Balaban J connectivity index is 2.37. The van der Waals surface area contributed by atoms with Crippen LogP contribution >= 0.6 is 11.6 Å². The van der Waals surface area contributed by atoms with Crippen LogP contribution < -0.4 is 4.74 Å². The van der Waals surface area contributed by atoms with Gasteiger partial charge in [-0.05, 0) is 31.0 Å². The van der Waals surface area contributed by atoms with Crippen LogP contribution in [0, 0.1) is 0 Å². The second kappa shape index (κ2) is 5.66. The number of aliphatic hydroxyl groups is 1. The Bertz CT molecular complexity index is 561. The van der Waals surface area contributed by atoms with Gasteiger partial charge < -0.3 is 9.84 Å². The number of hydrogen-bond donors (Lipinski definition) is 1. The number of aliphatic hydroxyl groups excluding tert-OH is 1. The summed E-state index contributed by atoms with van der Waals surface area (Å²) >= 11 is 5.96. The number of hydrogen-bond acceptors (Lipinski definition) is 4. The molecule has 0 saturated carbocycles. The molecule has 106 valence electrons. The van der Waals surface area contributed by atoms with E-state index in [4.69, 9.17) is 16.3 Å². The van der Waals surface area contributed by atoms with E-state index in [-0.39, 0.29) is 22.6 Å². The van der Waals surface area contributed by atoms with E-state index in [0.29, 0.717) is 18.7 Å². The number of ether oxygens (including phenoxy) is 1. The minimum absolute atomic E-state index is 0.124. The van der Waals surface area contributed by atoms with E-state index < -0.39 is 10.0 Å². The molecule has 0 aliphatic carbocycles. The number of methoxy groups -OCH3 is 1. The summed E-state index contributed by atoms with van der Waals surface area (Å²) in [7, 11) is -2.14. The van der Waals surface area contributed by atoms with E-state index in [1.807, 2.05) is 0 Å².